The molecule has 1 amide bonds. The molecule has 5 nitrogen and oxygen atoms in total. The third-order valence-electron chi connectivity index (χ3n) is 3.96. The highest BCUT2D eigenvalue weighted by atomic mass is 35.5. The minimum Gasteiger partial charge on any atom is -0.334 e. The molecule has 0 saturated carbocycles. The van der Waals surface area contributed by atoms with Gasteiger partial charge < -0.3 is 10.2 Å². The molecule has 118 valence electrons. The van der Waals surface area contributed by atoms with Crippen molar-refractivity contribution in [1.29, 1.82) is 0 Å². The SMILES string of the molecule is CNCC1CCCN1C(=O)c1ccc(-n2cccn2)cc1.Cl. The molecule has 6 heteroatoms. The zero-order valence-corrected chi connectivity index (χ0v) is 13.4. The number of amides is 1. The maximum Gasteiger partial charge on any atom is 0.254 e. The van der Waals surface area contributed by atoms with E-state index in [1.165, 1.54) is 0 Å². The Morgan fingerprint density at radius 2 is 2.14 bits per heavy atom. The molecule has 0 bridgehead atoms. The summed E-state index contributed by atoms with van der Waals surface area (Å²) in [7, 11) is 1.93. The van der Waals surface area contributed by atoms with Gasteiger partial charge in [-0.05, 0) is 50.2 Å². The van der Waals surface area contributed by atoms with Crippen LogP contribution in [0.1, 0.15) is 23.2 Å². The first-order chi connectivity index (χ1) is 10.3. The van der Waals surface area contributed by atoms with Crippen molar-refractivity contribution in [1.82, 2.24) is 20.0 Å². The van der Waals surface area contributed by atoms with Gasteiger partial charge in [0.15, 0.2) is 0 Å². The van der Waals surface area contributed by atoms with Crippen molar-refractivity contribution in [3.8, 4) is 5.69 Å². The molecule has 0 spiro atoms. The minimum atomic E-state index is 0. The van der Waals surface area contributed by atoms with Crippen LogP contribution in [-0.2, 0) is 0 Å². The third-order valence-corrected chi connectivity index (χ3v) is 3.96. The van der Waals surface area contributed by atoms with Crippen LogP contribution in [0.2, 0.25) is 0 Å². The average molecular weight is 321 g/mol. The van der Waals surface area contributed by atoms with Gasteiger partial charge in [0.05, 0.1) is 5.69 Å². The summed E-state index contributed by atoms with van der Waals surface area (Å²) in [5.74, 6) is 0.125. The molecule has 22 heavy (non-hydrogen) atoms. The second kappa shape index (κ2) is 7.42. The number of hydrogen-bond donors (Lipinski definition) is 1. The lowest BCUT2D eigenvalue weighted by atomic mass is 10.1. The van der Waals surface area contributed by atoms with Crippen molar-refractivity contribution in [2.75, 3.05) is 20.1 Å². The minimum absolute atomic E-state index is 0. The molecule has 0 aliphatic carbocycles. The maximum absolute atomic E-state index is 12.6. The molecule has 2 heterocycles. The fourth-order valence-electron chi connectivity index (χ4n) is 2.90. The summed E-state index contributed by atoms with van der Waals surface area (Å²) in [6.45, 7) is 1.71. The maximum atomic E-state index is 12.6. The molecule has 1 atom stereocenters. The van der Waals surface area contributed by atoms with E-state index in [1.807, 2.05) is 48.5 Å². The molecule has 1 fully saturated rings. The van der Waals surface area contributed by atoms with Gasteiger partial charge in [-0.25, -0.2) is 4.68 Å². The number of carbonyl (C=O) groups excluding carboxylic acids is 1. The summed E-state index contributed by atoms with van der Waals surface area (Å²) in [4.78, 5) is 14.6. The van der Waals surface area contributed by atoms with Crippen molar-refractivity contribution in [3.05, 3.63) is 48.3 Å². The lowest BCUT2D eigenvalue weighted by Gasteiger charge is -2.24. The Kier molecular flexibility index (Phi) is 5.57. The van der Waals surface area contributed by atoms with Gasteiger partial charge in [-0.1, -0.05) is 0 Å². The van der Waals surface area contributed by atoms with E-state index < -0.39 is 0 Å². The topological polar surface area (TPSA) is 50.2 Å². The van der Waals surface area contributed by atoms with Gasteiger partial charge in [0.2, 0.25) is 0 Å². The van der Waals surface area contributed by atoms with Crippen molar-refractivity contribution in [2.24, 2.45) is 0 Å². The van der Waals surface area contributed by atoms with E-state index in [1.54, 1.807) is 10.9 Å². The van der Waals surface area contributed by atoms with Crippen molar-refractivity contribution < 1.29 is 4.79 Å². The summed E-state index contributed by atoms with van der Waals surface area (Å²) in [6.07, 6.45) is 5.80. The van der Waals surface area contributed by atoms with Crippen molar-refractivity contribution in [2.45, 2.75) is 18.9 Å². The Morgan fingerprint density at radius 1 is 1.36 bits per heavy atom. The molecular weight excluding hydrogens is 300 g/mol. The molecule has 1 N–H and O–H groups in total. The molecule has 1 unspecified atom stereocenters. The zero-order chi connectivity index (χ0) is 14.7. The van der Waals surface area contributed by atoms with Crippen molar-refractivity contribution in [3.63, 3.8) is 0 Å². The van der Waals surface area contributed by atoms with Crippen LogP contribution in [0, 0.1) is 0 Å². The number of hydrogen-bond acceptors (Lipinski definition) is 3. The van der Waals surface area contributed by atoms with E-state index >= 15 is 0 Å². The van der Waals surface area contributed by atoms with Crippen LogP contribution >= 0.6 is 12.4 Å². The number of benzene rings is 1. The van der Waals surface area contributed by atoms with Gasteiger partial charge in [0.1, 0.15) is 0 Å². The largest absolute Gasteiger partial charge is 0.334 e. The molecule has 0 radical (unpaired) electrons. The van der Waals surface area contributed by atoms with Crippen LogP contribution in [0.3, 0.4) is 0 Å². The van der Waals surface area contributed by atoms with Crippen LogP contribution < -0.4 is 5.32 Å². The second-order valence-corrected chi connectivity index (χ2v) is 5.35. The van der Waals surface area contributed by atoms with Gasteiger partial charge in [-0.3, -0.25) is 4.79 Å². The normalized spacial score (nSPS) is 17.3. The molecule has 3 rings (SSSR count). The predicted octanol–water partition coefficient (Wildman–Crippen LogP) is 2.12. The number of aromatic nitrogens is 2. The fraction of sp³-hybridized carbons (Fsp3) is 0.375. The molecular formula is C16H21ClN4O. The van der Waals surface area contributed by atoms with Crippen LogP contribution in [0.15, 0.2) is 42.7 Å². The molecule has 1 aliphatic heterocycles. The molecule has 1 aromatic carbocycles. The third kappa shape index (κ3) is 3.31. The van der Waals surface area contributed by atoms with E-state index in [0.29, 0.717) is 6.04 Å². The quantitative estimate of drug-likeness (QED) is 0.939. The molecule has 2 aromatic rings. The van der Waals surface area contributed by atoms with E-state index in [2.05, 4.69) is 10.4 Å². The standard InChI is InChI=1S/C16H20N4O.ClH/c1-17-12-15-4-2-10-19(15)16(21)13-5-7-14(8-6-13)20-11-3-9-18-20;/h3,5-9,11,15,17H,2,4,10,12H2,1H3;1H. The zero-order valence-electron chi connectivity index (χ0n) is 12.6. The highest BCUT2D eigenvalue weighted by molar-refractivity contribution is 5.94. The first-order valence-electron chi connectivity index (χ1n) is 7.35. The Labute approximate surface area is 136 Å². The highest BCUT2D eigenvalue weighted by Crippen LogP contribution is 2.20. The van der Waals surface area contributed by atoms with E-state index in [-0.39, 0.29) is 18.3 Å². The molecule has 1 saturated heterocycles. The van der Waals surface area contributed by atoms with Crippen LogP contribution in [0.5, 0.6) is 0 Å². The van der Waals surface area contributed by atoms with Crippen LogP contribution in [-0.4, -0.2) is 46.8 Å². The van der Waals surface area contributed by atoms with Crippen molar-refractivity contribution >= 4 is 18.3 Å². The number of likely N-dealkylation sites (tertiary alicyclic amines) is 1. The number of rotatable bonds is 4. The van der Waals surface area contributed by atoms with E-state index in [4.69, 9.17) is 0 Å². The number of nitrogens with one attached hydrogen (secondary N) is 1. The summed E-state index contributed by atoms with van der Waals surface area (Å²) < 4.78 is 1.79. The number of nitrogens with zero attached hydrogens (tertiary/aromatic N) is 3. The Balaban J connectivity index is 0.00000176. The molecule has 1 aromatic heterocycles. The lowest BCUT2D eigenvalue weighted by Crippen LogP contribution is -2.40. The van der Waals surface area contributed by atoms with Gasteiger partial charge in [0.25, 0.3) is 5.91 Å². The van der Waals surface area contributed by atoms with E-state index in [0.717, 1.165) is 37.2 Å². The second-order valence-electron chi connectivity index (χ2n) is 5.35. The number of likely N-dealkylation sites (N-methyl/N-ethyl adjacent to an activating group) is 1. The first kappa shape index (κ1) is 16.5. The first-order valence-corrected chi connectivity index (χ1v) is 7.35. The van der Waals surface area contributed by atoms with Crippen LogP contribution in [0.25, 0.3) is 5.69 Å². The lowest BCUT2D eigenvalue weighted by molar-refractivity contribution is 0.0737. The van der Waals surface area contributed by atoms with Crippen LogP contribution in [0.4, 0.5) is 0 Å². The Morgan fingerprint density at radius 3 is 2.77 bits per heavy atom. The summed E-state index contributed by atoms with van der Waals surface area (Å²) >= 11 is 0. The summed E-state index contributed by atoms with van der Waals surface area (Å²) in [5.41, 5.74) is 1.71. The molecule has 1 aliphatic rings. The Bertz CT molecular complexity index is 597. The number of halogens is 1. The average Bonchev–Trinajstić information content (AvgIpc) is 3.19. The van der Waals surface area contributed by atoms with E-state index in [9.17, 15) is 4.79 Å². The summed E-state index contributed by atoms with van der Waals surface area (Å²) in [5, 5.41) is 7.36. The summed E-state index contributed by atoms with van der Waals surface area (Å²) in [6, 6.07) is 9.83. The van der Waals surface area contributed by atoms with Gasteiger partial charge in [-0.15, -0.1) is 12.4 Å². The smallest absolute Gasteiger partial charge is 0.254 e. The van der Waals surface area contributed by atoms with Gasteiger partial charge in [-0.2, -0.15) is 5.10 Å². The predicted molar refractivity (Wildman–Crippen MR) is 88.8 cm³/mol. The monoisotopic (exact) mass is 320 g/mol. The number of carbonyl (C=O) groups is 1. The van der Waals surface area contributed by atoms with Gasteiger partial charge >= 0.3 is 0 Å². The van der Waals surface area contributed by atoms with Gasteiger partial charge in [0, 0.05) is 37.1 Å². The highest BCUT2D eigenvalue weighted by Gasteiger charge is 2.28. The fourth-order valence-corrected chi connectivity index (χ4v) is 2.90. The Hall–Kier alpha value is -1.85.